The lowest BCUT2D eigenvalue weighted by Gasteiger charge is -2.08. The van der Waals surface area contributed by atoms with Gasteiger partial charge in [0, 0.05) is 0 Å². The lowest BCUT2D eigenvalue weighted by atomic mass is 9.98. The summed E-state index contributed by atoms with van der Waals surface area (Å²) < 4.78 is 0. The third kappa shape index (κ3) is 2.36. The maximum absolute atomic E-state index is 8.92. The summed E-state index contributed by atoms with van der Waals surface area (Å²) in [6.07, 6.45) is 0. The van der Waals surface area contributed by atoms with Crippen molar-refractivity contribution < 1.29 is 0 Å². The van der Waals surface area contributed by atoms with Gasteiger partial charge in [-0.3, -0.25) is 0 Å². The number of hydrogen-bond acceptors (Lipinski definition) is 3. The van der Waals surface area contributed by atoms with Crippen LogP contribution in [0, 0.1) is 18.3 Å². The molecule has 0 aromatic heterocycles. The molecule has 18 heavy (non-hydrogen) atoms. The fourth-order valence-electron chi connectivity index (χ4n) is 1.86. The molecule has 0 saturated carbocycles. The number of nitrogens with zero attached hydrogens (tertiary/aromatic N) is 2. The molecular weight excluding hydrogens is 240 g/mol. The topological polar surface area (TPSA) is 36.1 Å². The molecular formula is C15H10N2S. The summed E-state index contributed by atoms with van der Waals surface area (Å²) in [6.45, 7) is 1.99. The van der Waals surface area contributed by atoms with Crippen LogP contribution in [0.5, 0.6) is 0 Å². The molecule has 0 amide bonds. The Morgan fingerprint density at radius 2 is 1.94 bits per heavy atom. The van der Waals surface area contributed by atoms with E-state index in [0.29, 0.717) is 5.56 Å². The maximum Gasteiger partial charge on any atom is 0.0991 e. The Morgan fingerprint density at radius 1 is 1.17 bits per heavy atom. The fraction of sp³-hybridized carbons (Fsp3) is 0.0667. The van der Waals surface area contributed by atoms with Crippen LogP contribution in [-0.2, 0) is 0 Å². The highest BCUT2D eigenvalue weighted by molar-refractivity contribution is 7.78. The van der Waals surface area contributed by atoms with Crippen molar-refractivity contribution in [1.29, 1.82) is 5.26 Å². The van der Waals surface area contributed by atoms with E-state index in [9.17, 15) is 0 Å². The molecule has 0 unspecified atom stereocenters. The van der Waals surface area contributed by atoms with Gasteiger partial charge in [-0.1, -0.05) is 24.3 Å². The summed E-state index contributed by atoms with van der Waals surface area (Å²) in [5.41, 5.74) is 4.55. The first-order chi connectivity index (χ1) is 8.76. The SMILES string of the molecule is Cc1c(N=C=S)cccc1-c1cccc(C#N)c1. The molecule has 0 aliphatic carbocycles. The zero-order valence-electron chi connectivity index (χ0n) is 9.84. The van der Waals surface area contributed by atoms with Crippen LogP contribution in [0.25, 0.3) is 11.1 Å². The Hall–Kier alpha value is -2.27. The van der Waals surface area contributed by atoms with E-state index >= 15 is 0 Å². The minimum atomic E-state index is 0.649. The predicted molar refractivity (Wildman–Crippen MR) is 76.0 cm³/mol. The molecule has 0 saturated heterocycles. The summed E-state index contributed by atoms with van der Waals surface area (Å²) in [5.74, 6) is 0. The molecule has 3 heteroatoms. The fourth-order valence-corrected chi connectivity index (χ4v) is 1.96. The number of thiocarbonyl (C=S) groups is 1. The van der Waals surface area contributed by atoms with Crippen LogP contribution in [0.3, 0.4) is 0 Å². The highest BCUT2D eigenvalue weighted by atomic mass is 32.1. The van der Waals surface area contributed by atoms with Crippen molar-refractivity contribution in [3.8, 4) is 17.2 Å². The molecule has 2 rings (SSSR count). The van der Waals surface area contributed by atoms with E-state index in [1.54, 1.807) is 6.07 Å². The number of aliphatic imine (C=N–C) groups is 1. The van der Waals surface area contributed by atoms with Crippen LogP contribution in [0.15, 0.2) is 47.5 Å². The number of isothiocyanates is 1. The van der Waals surface area contributed by atoms with Crippen molar-refractivity contribution in [2.75, 3.05) is 0 Å². The lowest BCUT2D eigenvalue weighted by molar-refractivity contribution is 1.40. The second-order valence-corrected chi connectivity index (χ2v) is 4.03. The van der Waals surface area contributed by atoms with Crippen molar-refractivity contribution in [3.05, 3.63) is 53.6 Å². The predicted octanol–water partition coefficient (Wildman–Crippen LogP) is 4.27. The van der Waals surface area contributed by atoms with Gasteiger partial charge in [0.05, 0.1) is 22.5 Å². The van der Waals surface area contributed by atoms with E-state index in [1.165, 1.54) is 0 Å². The molecule has 0 spiro atoms. The maximum atomic E-state index is 8.92. The summed E-state index contributed by atoms with van der Waals surface area (Å²) in [7, 11) is 0. The van der Waals surface area contributed by atoms with Gasteiger partial charge in [0.1, 0.15) is 0 Å². The van der Waals surface area contributed by atoms with Gasteiger partial charge in [-0.15, -0.1) is 0 Å². The molecule has 0 aliphatic heterocycles. The number of hydrogen-bond donors (Lipinski definition) is 0. The first kappa shape index (κ1) is 12.2. The molecule has 0 heterocycles. The van der Waals surface area contributed by atoms with Gasteiger partial charge >= 0.3 is 0 Å². The third-order valence-corrected chi connectivity index (χ3v) is 2.87. The summed E-state index contributed by atoms with van der Waals surface area (Å²) >= 11 is 4.63. The molecule has 0 fully saturated rings. The van der Waals surface area contributed by atoms with Crippen molar-refractivity contribution in [3.63, 3.8) is 0 Å². The first-order valence-electron chi connectivity index (χ1n) is 5.44. The summed E-state index contributed by atoms with van der Waals surface area (Å²) in [4.78, 5) is 4.03. The second-order valence-electron chi connectivity index (χ2n) is 3.85. The van der Waals surface area contributed by atoms with Gasteiger partial charge in [0.15, 0.2) is 0 Å². The van der Waals surface area contributed by atoms with Gasteiger partial charge in [0.2, 0.25) is 0 Å². The van der Waals surface area contributed by atoms with Gasteiger partial charge in [0.25, 0.3) is 0 Å². The van der Waals surface area contributed by atoms with Crippen LogP contribution in [0.4, 0.5) is 5.69 Å². The second kappa shape index (κ2) is 5.37. The monoisotopic (exact) mass is 250 g/mol. The van der Waals surface area contributed by atoms with Crippen LogP contribution in [0.1, 0.15) is 11.1 Å². The summed E-state index contributed by atoms with van der Waals surface area (Å²) in [6, 6.07) is 15.5. The number of nitriles is 1. The van der Waals surface area contributed by atoms with E-state index in [0.717, 1.165) is 22.4 Å². The van der Waals surface area contributed by atoms with Crippen LogP contribution in [-0.4, -0.2) is 5.16 Å². The Balaban J connectivity index is 2.61. The van der Waals surface area contributed by atoms with Crippen LogP contribution in [0.2, 0.25) is 0 Å². The Kier molecular flexibility index (Phi) is 3.64. The molecule has 2 nitrogen and oxygen atoms in total. The Bertz CT molecular complexity index is 677. The van der Waals surface area contributed by atoms with E-state index in [4.69, 9.17) is 5.26 Å². The average molecular weight is 250 g/mol. The molecule has 0 N–H and O–H groups in total. The largest absolute Gasteiger partial charge is 0.194 e. The van der Waals surface area contributed by atoms with Gasteiger partial charge in [-0.05, 0) is 54.0 Å². The van der Waals surface area contributed by atoms with Gasteiger partial charge in [-0.2, -0.15) is 10.3 Å². The van der Waals surface area contributed by atoms with Crippen molar-refractivity contribution in [1.82, 2.24) is 0 Å². The molecule has 2 aromatic carbocycles. The van der Waals surface area contributed by atoms with Crippen LogP contribution < -0.4 is 0 Å². The van der Waals surface area contributed by atoms with E-state index in [1.807, 2.05) is 43.3 Å². The zero-order chi connectivity index (χ0) is 13.0. The molecule has 0 atom stereocenters. The Labute approximate surface area is 111 Å². The molecule has 86 valence electrons. The van der Waals surface area contributed by atoms with Crippen molar-refractivity contribution >= 4 is 23.1 Å². The van der Waals surface area contributed by atoms with E-state index in [-0.39, 0.29) is 0 Å². The third-order valence-electron chi connectivity index (χ3n) is 2.77. The van der Waals surface area contributed by atoms with E-state index < -0.39 is 0 Å². The normalized spacial score (nSPS) is 9.33. The summed E-state index contributed by atoms with van der Waals surface area (Å²) in [5, 5.41) is 11.3. The van der Waals surface area contributed by atoms with Gasteiger partial charge < -0.3 is 0 Å². The van der Waals surface area contributed by atoms with Crippen LogP contribution >= 0.6 is 12.2 Å². The number of rotatable bonds is 2. The smallest absolute Gasteiger partial charge is 0.0991 e. The quantitative estimate of drug-likeness (QED) is 0.589. The lowest BCUT2D eigenvalue weighted by Crippen LogP contribution is -1.85. The highest BCUT2D eigenvalue weighted by Crippen LogP contribution is 2.30. The average Bonchev–Trinajstić information content (AvgIpc) is 2.41. The minimum absolute atomic E-state index is 0.649. The van der Waals surface area contributed by atoms with Gasteiger partial charge in [-0.25, -0.2) is 0 Å². The van der Waals surface area contributed by atoms with E-state index in [2.05, 4.69) is 28.4 Å². The highest BCUT2D eigenvalue weighted by Gasteiger charge is 2.05. The molecule has 0 aliphatic rings. The van der Waals surface area contributed by atoms with Crippen molar-refractivity contribution in [2.24, 2.45) is 4.99 Å². The molecule has 2 aromatic rings. The molecule has 0 bridgehead atoms. The first-order valence-corrected chi connectivity index (χ1v) is 5.85. The minimum Gasteiger partial charge on any atom is -0.194 e. The standard InChI is InChI=1S/C15H10N2S/c1-11-14(6-3-7-15(11)17-10-18)13-5-2-4-12(8-13)9-16/h2-8H,1H3. The molecule has 0 radical (unpaired) electrons. The van der Waals surface area contributed by atoms with Crippen molar-refractivity contribution in [2.45, 2.75) is 6.92 Å². The zero-order valence-corrected chi connectivity index (χ0v) is 10.7. The Morgan fingerprint density at radius 3 is 2.67 bits per heavy atom. The number of benzene rings is 2.